The molecule has 0 aromatic rings. The van der Waals surface area contributed by atoms with Gasteiger partial charge in [-0.05, 0) is 19.3 Å². The SMILES string of the molecule is C=C[C@H]1C[C@]1(C)C(=O)O. The first-order valence-corrected chi connectivity index (χ1v) is 2.97. The smallest absolute Gasteiger partial charge is 0.309 e. The van der Waals surface area contributed by atoms with E-state index in [0.29, 0.717) is 0 Å². The van der Waals surface area contributed by atoms with Crippen LogP contribution in [0.4, 0.5) is 0 Å². The van der Waals surface area contributed by atoms with Crippen molar-refractivity contribution in [3.05, 3.63) is 12.7 Å². The highest BCUT2D eigenvalue weighted by molar-refractivity contribution is 5.78. The molecule has 0 aliphatic heterocycles. The summed E-state index contributed by atoms with van der Waals surface area (Å²) in [5.74, 6) is -0.498. The number of carboxylic acid groups (broad SMARTS) is 1. The summed E-state index contributed by atoms with van der Waals surface area (Å²) in [5, 5.41) is 8.57. The zero-order valence-electron chi connectivity index (χ0n) is 5.42. The Morgan fingerprint density at radius 1 is 2.00 bits per heavy atom. The molecular weight excluding hydrogens is 116 g/mol. The third-order valence-electron chi connectivity index (χ3n) is 2.08. The number of aliphatic carboxylic acids is 1. The zero-order chi connectivity index (χ0) is 7.07. The topological polar surface area (TPSA) is 37.3 Å². The Kier molecular flexibility index (Phi) is 1.12. The van der Waals surface area contributed by atoms with Gasteiger partial charge in [0.25, 0.3) is 0 Å². The fourth-order valence-corrected chi connectivity index (χ4v) is 0.987. The van der Waals surface area contributed by atoms with Crippen LogP contribution >= 0.6 is 0 Å². The molecule has 1 saturated carbocycles. The summed E-state index contributed by atoms with van der Waals surface area (Å²) in [4.78, 5) is 10.4. The van der Waals surface area contributed by atoms with E-state index in [2.05, 4.69) is 6.58 Å². The maximum absolute atomic E-state index is 10.4. The normalized spacial score (nSPS) is 39.9. The first-order chi connectivity index (χ1) is 4.11. The fourth-order valence-electron chi connectivity index (χ4n) is 0.987. The maximum atomic E-state index is 10.4. The van der Waals surface area contributed by atoms with Gasteiger partial charge < -0.3 is 5.11 Å². The van der Waals surface area contributed by atoms with Crippen LogP contribution in [0.15, 0.2) is 12.7 Å². The minimum atomic E-state index is -0.701. The number of allylic oxidation sites excluding steroid dienone is 1. The molecule has 50 valence electrons. The van der Waals surface area contributed by atoms with Gasteiger partial charge in [-0.1, -0.05) is 6.08 Å². The van der Waals surface area contributed by atoms with Crippen molar-refractivity contribution in [2.75, 3.05) is 0 Å². The lowest BCUT2D eigenvalue weighted by Gasteiger charge is -1.98. The first-order valence-electron chi connectivity index (χ1n) is 2.97. The largest absolute Gasteiger partial charge is 0.481 e. The standard InChI is InChI=1S/C7H10O2/c1-3-5-4-7(5,2)6(8)9/h3,5H,1,4H2,2H3,(H,8,9)/t5-,7-/m0/s1. The Morgan fingerprint density at radius 3 is 2.67 bits per heavy atom. The molecule has 9 heavy (non-hydrogen) atoms. The lowest BCUT2D eigenvalue weighted by molar-refractivity contribution is -0.143. The molecular formula is C7H10O2. The van der Waals surface area contributed by atoms with Gasteiger partial charge in [0.2, 0.25) is 0 Å². The van der Waals surface area contributed by atoms with Crippen LogP contribution in [-0.4, -0.2) is 11.1 Å². The van der Waals surface area contributed by atoms with Crippen LogP contribution < -0.4 is 0 Å². The van der Waals surface area contributed by atoms with Gasteiger partial charge in [-0.25, -0.2) is 0 Å². The minimum Gasteiger partial charge on any atom is -0.481 e. The summed E-state index contributed by atoms with van der Waals surface area (Å²) in [6, 6.07) is 0. The highest BCUT2D eigenvalue weighted by atomic mass is 16.4. The second-order valence-electron chi connectivity index (χ2n) is 2.77. The van der Waals surface area contributed by atoms with Gasteiger partial charge >= 0.3 is 5.97 Å². The van der Waals surface area contributed by atoms with Gasteiger partial charge in [-0.2, -0.15) is 0 Å². The minimum absolute atomic E-state index is 0.204. The quantitative estimate of drug-likeness (QED) is 0.566. The van der Waals surface area contributed by atoms with E-state index in [-0.39, 0.29) is 5.92 Å². The van der Waals surface area contributed by atoms with E-state index in [1.165, 1.54) is 0 Å². The van der Waals surface area contributed by atoms with Crippen molar-refractivity contribution in [2.45, 2.75) is 13.3 Å². The first kappa shape index (κ1) is 6.33. The molecule has 0 aromatic carbocycles. The molecule has 0 spiro atoms. The third-order valence-corrected chi connectivity index (χ3v) is 2.08. The second kappa shape index (κ2) is 1.59. The lowest BCUT2D eigenvalue weighted by atomic mass is 10.1. The van der Waals surface area contributed by atoms with Crippen molar-refractivity contribution in [1.29, 1.82) is 0 Å². The van der Waals surface area contributed by atoms with Gasteiger partial charge in [0.1, 0.15) is 0 Å². The van der Waals surface area contributed by atoms with Crippen LogP contribution in [0.25, 0.3) is 0 Å². The van der Waals surface area contributed by atoms with E-state index in [1.807, 2.05) is 0 Å². The van der Waals surface area contributed by atoms with Crippen LogP contribution in [0.1, 0.15) is 13.3 Å². The van der Waals surface area contributed by atoms with E-state index in [9.17, 15) is 4.79 Å². The van der Waals surface area contributed by atoms with Crippen LogP contribution in [0.3, 0.4) is 0 Å². The van der Waals surface area contributed by atoms with Crippen LogP contribution in [0, 0.1) is 11.3 Å². The molecule has 0 unspecified atom stereocenters. The molecule has 0 amide bonds. The fraction of sp³-hybridized carbons (Fsp3) is 0.571. The molecule has 0 heterocycles. The Morgan fingerprint density at radius 2 is 2.56 bits per heavy atom. The highest BCUT2D eigenvalue weighted by Gasteiger charge is 2.54. The van der Waals surface area contributed by atoms with Crippen molar-refractivity contribution < 1.29 is 9.90 Å². The van der Waals surface area contributed by atoms with Crippen LogP contribution in [-0.2, 0) is 4.79 Å². The summed E-state index contributed by atoms with van der Waals surface area (Å²) in [7, 11) is 0. The summed E-state index contributed by atoms with van der Waals surface area (Å²) in [6.07, 6.45) is 2.47. The molecule has 1 aliphatic rings. The van der Waals surface area contributed by atoms with E-state index < -0.39 is 11.4 Å². The Balaban J connectivity index is 2.62. The molecule has 1 aliphatic carbocycles. The van der Waals surface area contributed by atoms with Crippen molar-refractivity contribution in [1.82, 2.24) is 0 Å². The predicted octanol–water partition coefficient (Wildman–Crippen LogP) is 1.28. The summed E-state index contributed by atoms with van der Waals surface area (Å²) < 4.78 is 0. The van der Waals surface area contributed by atoms with E-state index >= 15 is 0 Å². The van der Waals surface area contributed by atoms with Gasteiger partial charge in [0, 0.05) is 0 Å². The second-order valence-corrected chi connectivity index (χ2v) is 2.77. The molecule has 2 heteroatoms. The van der Waals surface area contributed by atoms with Gasteiger partial charge in [-0.3, -0.25) is 4.79 Å². The van der Waals surface area contributed by atoms with Gasteiger partial charge in [-0.15, -0.1) is 6.58 Å². The summed E-state index contributed by atoms with van der Waals surface area (Å²) in [6.45, 7) is 5.29. The van der Waals surface area contributed by atoms with E-state index in [4.69, 9.17) is 5.11 Å². The molecule has 2 atom stereocenters. The molecule has 0 radical (unpaired) electrons. The Hall–Kier alpha value is -0.790. The maximum Gasteiger partial charge on any atom is 0.309 e. The van der Waals surface area contributed by atoms with Crippen molar-refractivity contribution >= 4 is 5.97 Å². The third kappa shape index (κ3) is 0.745. The predicted molar refractivity (Wildman–Crippen MR) is 34.0 cm³/mol. The molecule has 2 nitrogen and oxygen atoms in total. The number of carboxylic acids is 1. The monoisotopic (exact) mass is 126 g/mol. The zero-order valence-corrected chi connectivity index (χ0v) is 5.42. The van der Waals surface area contributed by atoms with Gasteiger partial charge in [0.15, 0.2) is 0 Å². The van der Waals surface area contributed by atoms with Crippen molar-refractivity contribution in [3.8, 4) is 0 Å². The number of carbonyl (C=O) groups is 1. The van der Waals surface area contributed by atoms with Crippen LogP contribution in [0.2, 0.25) is 0 Å². The molecule has 1 rings (SSSR count). The molecule has 1 N–H and O–H groups in total. The molecule has 0 aromatic heterocycles. The number of hydrogen-bond acceptors (Lipinski definition) is 1. The lowest BCUT2D eigenvalue weighted by Crippen LogP contribution is -2.11. The molecule has 0 bridgehead atoms. The summed E-state index contributed by atoms with van der Waals surface area (Å²) >= 11 is 0. The number of hydrogen-bond donors (Lipinski definition) is 1. The summed E-state index contributed by atoms with van der Waals surface area (Å²) in [5.41, 5.74) is -0.484. The van der Waals surface area contributed by atoms with Crippen molar-refractivity contribution in [3.63, 3.8) is 0 Å². The van der Waals surface area contributed by atoms with Crippen LogP contribution in [0.5, 0.6) is 0 Å². The average molecular weight is 126 g/mol. The van der Waals surface area contributed by atoms with Gasteiger partial charge in [0.05, 0.1) is 5.41 Å². The van der Waals surface area contributed by atoms with E-state index in [0.717, 1.165) is 6.42 Å². The Labute approximate surface area is 54.2 Å². The molecule has 1 fully saturated rings. The van der Waals surface area contributed by atoms with E-state index in [1.54, 1.807) is 13.0 Å². The average Bonchev–Trinajstić information content (AvgIpc) is 2.44. The van der Waals surface area contributed by atoms with Crippen molar-refractivity contribution in [2.24, 2.45) is 11.3 Å². The Bertz CT molecular complexity index is 162. The molecule has 0 saturated heterocycles. The number of rotatable bonds is 2. The highest BCUT2D eigenvalue weighted by Crippen LogP contribution is 2.52.